The summed E-state index contributed by atoms with van der Waals surface area (Å²) in [5.74, 6) is -0.116. The molecule has 0 spiro atoms. The summed E-state index contributed by atoms with van der Waals surface area (Å²) >= 11 is 0. The molecule has 8 rings (SSSR count). The lowest BCUT2D eigenvalue weighted by Crippen LogP contribution is -2.17. The SMILES string of the molecule is C=C/C=C\C=C/CN(C)c1ccc(-c2ccc3c4ccccc4n(-c4cc(C5=CCC(C#N)C=C5)cc(-c5ccc(C#N)cc5)c4)c3c2)cc1-c1ccccc1. The smallest absolute Gasteiger partial charge is 0.0991 e. The molecule has 0 N–H and O–H groups in total. The highest BCUT2D eigenvalue weighted by molar-refractivity contribution is 6.10. The highest BCUT2D eigenvalue weighted by atomic mass is 15.1. The van der Waals surface area contributed by atoms with E-state index < -0.39 is 0 Å². The zero-order valence-corrected chi connectivity index (χ0v) is 31.3. The molecule has 1 atom stereocenters. The summed E-state index contributed by atoms with van der Waals surface area (Å²) in [5.41, 5.74) is 13.9. The molecule has 0 fully saturated rings. The van der Waals surface area contributed by atoms with E-state index in [-0.39, 0.29) is 5.92 Å². The van der Waals surface area contributed by atoms with Crippen LogP contribution in [0.3, 0.4) is 0 Å². The van der Waals surface area contributed by atoms with Gasteiger partial charge >= 0.3 is 0 Å². The van der Waals surface area contributed by atoms with E-state index >= 15 is 0 Å². The first-order valence-electron chi connectivity index (χ1n) is 18.9. The van der Waals surface area contributed by atoms with Crippen molar-refractivity contribution in [3.05, 3.63) is 200 Å². The molecule has 7 aromatic rings. The molecule has 0 amide bonds. The van der Waals surface area contributed by atoms with Crippen LogP contribution in [0.15, 0.2) is 189 Å². The summed E-state index contributed by atoms with van der Waals surface area (Å²) in [6.45, 7) is 4.53. The molecule has 1 aliphatic carbocycles. The monoisotopic (exact) mass is 720 g/mol. The van der Waals surface area contributed by atoms with Crippen molar-refractivity contribution in [3.8, 4) is 51.2 Å². The van der Waals surface area contributed by atoms with Crippen LogP contribution in [-0.4, -0.2) is 18.2 Å². The van der Waals surface area contributed by atoms with Crippen molar-refractivity contribution < 1.29 is 0 Å². The molecule has 1 heterocycles. The van der Waals surface area contributed by atoms with Gasteiger partial charge in [-0.3, -0.25) is 0 Å². The van der Waals surface area contributed by atoms with Gasteiger partial charge in [0.1, 0.15) is 0 Å². The quantitative estimate of drug-likeness (QED) is 0.132. The molecular formula is C52H40N4. The summed E-state index contributed by atoms with van der Waals surface area (Å²) in [5, 5.41) is 21.4. The van der Waals surface area contributed by atoms with Gasteiger partial charge in [-0.05, 0) is 100.0 Å². The van der Waals surface area contributed by atoms with Crippen LogP contribution in [0.5, 0.6) is 0 Å². The number of rotatable bonds is 10. The molecule has 1 aliphatic rings. The Morgan fingerprint density at radius 1 is 0.696 bits per heavy atom. The maximum absolute atomic E-state index is 9.56. The molecule has 0 saturated carbocycles. The van der Waals surface area contributed by atoms with Crippen molar-refractivity contribution in [1.82, 2.24) is 4.57 Å². The molecule has 0 radical (unpaired) electrons. The van der Waals surface area contributed by atoms with Crippen LogP contribution in [0.1, 0.15) is 17.5 Å². The Labute approximate surface area is 328 Å². The minimum absolute atomic E-state index is 0.116. The molecule has 0 bridgehead atoms. The maximum Gasteiger partial charge on any atom is 0.0991 e. The Morgan fingerprint density at radius 3 is 2.20 bits per heavy atom. The number of aromatic nitrogens is 1. The minimum atomic E-state index is -0.116. The second-order valence-corrected chi connectivity index (χ2v) is 14.1. The van der Waals surface area contributed by atoms with Crippen molar-refractivity contribution >= 4 is 33.1 Å². The van der Waals surface area contributed by atoms with Crippen LogP contribution in [-0.2, 0) is 0 Å². The van der Waals surface area contributed by atoms with Crippen molar-refractivity contribution in [1.29, 1.82) is 10.5 Å². The molecule has 56 heavy (non-hydrogen) atoms. The van der Waals surface area contributed by atoms with Gasteiger partial charge in [-0.2, -0.15) is 10.5 Å². The number of para-hydroxylation sites is 1. The second kappa shape index (κ2) is 15.9. The highest BCUT2D eigenvalue weighted by Gasteiger charge is 2.18. The van der Waals surface area contributed by atoms with Crippen molar-refractivity contribution in [2.45, 2.75) is 6.42 Å². The van der Waals surface area contributed by atoms with Gasteiger partial charge in [0.25, 0.3) is 0 Å². The lowest BCUT2D eigenvalue weighted by atomic mass is 9.91. The Hall–Kier alpha value is -7.40. The number of nitriles is 2. The number of hydrogen-bond acceptors (Lipinski definition) is 3. The van der Waals surface area contributed by atoms with Gasteiger partial charge in [-0.1, -0.05) is 134 Å². The molecule has 1 unspecified atom stereocenters. The van der Waals surface area contributed by atoms with E-state index in [9.17, 15) is 10.5 Å². The predicted molar refractivity (Wildman–Crippen MR) is 234 cm³/mol. The summed E-state index contributed by atoms with van der Waals surface area (Å²) in [7, 11) is 2.13. The van der Waals surface area contributed by atoms with Crippen LogP contribution in [0.25, 0.3) is 66.4 Å². The van der Waals surface area contributed by atoms with E-state index in [2.05, 4.69) is 169 Å². The van der Waals surface area contributed by atoms with Gasteiger partial charge in [-0.15, -0.1) is 0 Å². The number of hydrogen-bond donors (Lipinski definition) is 0. The van der Waals surface area contributed by atoms with E-state index in [0.717, 1.165) is 62.3 Å². The van der Waals surface area contributed by atoms with E-state index in [4.69, 9.17) is 0 Å². The molecule has 0 saturated heterocycles. The van der Waals surface area contributed by atoms with E-state index in [0.29, 0.717) is 12.0 Å². The van der Waals surface area contributed by atoms with Gasteiger partial charge in [-0.25, -0.2) is 0 Å². The first kappa shape index (κ1) is 35.6. The van der Waals surface area contributed by atoms with Gasteiger partial charge < -0.3 is 9.47 Å². The highest BCUT2D eigenvalue weighted by Crippen LogP contribution is 2.40. The topological polar surface area (TPSA) is 55.8 Å². The summed E-state index contributed by atoms with van der Waals surface area (Å²) < 4.78 is 2.38. The lowest BCUT2D eigenvalue weighted by molar-refractivity contribution is 0.840. The van der Waals surface area contributed by atoms with Crippen LogP contribution >= 0.6 is 0 Å². The first-order chi connectivity index (χ1) is 27.5. The number of nitrogens with zero attached hydrogens (tertiary/aromatic N) is 4. The third-order valence-electron chi connectivity index (χ3n) is 10.5. The fraction of sp³-hybridized carbons (Fsp3) is 0.0769. The number of anilines is 1. The maximum atomic E-state index is 9.56. The van der Waals surface area contributed by atoms with Gasteiger partial charge in [0.05, 0.1) is 34.7 Å². The summed E-state index contributed by atoms with van der Waals surface area (Å²) in [4.78, 5) is 2.28. The van der Waals surface area contributed by atoms with E-state index in [1.54, 1.807) is 6.08 Å². The van der Waals surface area contributed by atoms with Crippen molar-refractivity contribution in [2.75, 3.05) is 18.5 Å². The zero-order valence-electron chi connectivity index (χ0n) is 31.3. The number of likely N-dealkylation sites (N-methyl/N-ethyl adjacent to an activating group) is 1. The fourth-order valence-corrected chi connectivity index (χ4v) is 7.61. The standard InChI is InChI=1S/C52H40N4/c1-3-4-5-6-12-29-55(2)50-28-26-42(33-49(50)41-13-8-7-9-14-41)43-25-27-48-47-15-10-11-16-51(47)56(52(48)34-43)46-31-44(39-21-17-37(35-53)18-22-39)30-45(32-46)40-23-19-38(36-54)20-24-40/h3-19,21-28,30-34,38H,1,20,29H2,2H3/b5-4-,12-6-. The summed E-state index contributed by atoms with van der Waals surface area (Å²) in [6, 6.07) is 51.9. The minimum Gasteiger partial charge on any atom is -0.370 e. The molecule has 1 aromatic heterocycles. The second-order valence-electron chi connectivity index (χ2n) is 14.1. The van der Waals surface area contributed by atoms with Crippen molar-refractivity contribution in [3.63, 3.8) is 0 Å². The predicted octanol–water partition coefficient (Wildman–Crippen LogP) is 12.9. The molecule has 0 aliphatic heterocycles. The third kappa shape index (κ3) is 7.13. The number of fused-ring (bicyclic) bond motifs is 3. The first-order valence-corrected chi connectivity index (χ1v) is 18.9. The number of allylic oxidation sites excluding steroid dienone is 8. The van der Waals surface area contributed by atoms with Crippen LogP contribution in [0, 0.1) is 28.6 Å². The third-order valence-corrected chi connectivity index (χ3v) is 10.5. The summed E-state index contributed by atoms with van der Waals surface area (Å²) in [6.07, 6.45) is 16.8. The molecule has 6 aromatic carbocycles. The Bertz CT molecular complexity index is 2800. The van der Waals surface area contributed by atoms with Crippen LogP contribution in [0.4, 0.5) is 5.69 Å². The Balaban J connectivity index is 1.29. The van der Waals surface area contributed by atoms with Crippen LogP contribution < -0.4 is 4.90 Å². The van der Waals surface area contributed by atoms with Gasteiger partial charge in [0.2, 0.25) is 0 Å². The normalized spacial score (nSPS) is 13.9. The number of benzene rings is 6. The average Bonchev–Trinajstić information content (AvgIpc) is 3.60. The Kier molecular flexibility index (Phi) is 10.1. The lowest BCUT2D eigenvalue weighted by Gasteiger charge is -2.22. The van der Waals surface area contributed by atoms with E-state index in [1.807, 2.05) is 42.5 Å². The molecule has 4 nitrogen and oxygen atoms in total. The van der Waals surface area contributed by atoms with Gasteiger partial charge in [0.15, 0.2) is 0 Å². The molecule has 268 valence electrons. The van der Waals surface area contributed by atoms with E-state index in [1.165, 1.54) is 21.9 Å². The zero-order chi connectivity index (χ0) is 38.4. The van der Waals surface area contributed by atoms with Gasteiger partial charge in [0, 0.05) is 41.3 Å². The Morgan fingerprint density at radius 2 is 1.43 bits per heavy atom. The molecular weight excluding hydrogens is 681 g/mol. The van der Waals surface area contributed by atoms with Crippen molar-refractivity contribution in [2.24, 2.45) is 5.92 Å². The largest absolute Gasteiger partial charge is 0.370 e. The molecule has 4 heteroatoms. The fourth-order valence-electron chi connectivity index (χ4n) is 7.61. The van der Waals surface area contributed by atoms with Crippen LogP contribution in [0.2, 0.25) is 0 Å². The average molecular weight is 721 g/mol.